The van der Waals surface area contributed by atoms with Crippen molar-refractivity contribution in [2.24, 2.45) is 5.92 Å². The summed E-state index contributed by atoms with van der Waals surface area (Å²) in [5.74, 6) is 0.545. The minimum atomic E-state index is -0.179. The van der Waals surface area contributed by atoms with Gasteiger partial charge in [0, 0.05) is 44.1 Å². The van der Waals surface area contributed by atoms with Crippen molar-refractivity contribution in [3.63, 3.8) is 0 Å². The van der Waals surface area contributed by atoms with E-state index in [-0.39, 0.29) is 11.6 Å². The SMILES string of the molecule is O=C(Nc1cnc2c(c1)CNCC2)N1CC[C@@H]2CC[C@@]21c1cccnc1. The molecule has 2 N–H and O–H groups in total. The van der Waals surface area contributed by atoms with Gasteiger partial charge in [-0.25, -0.2) is 4.79 Å². The van der Waals surface area contributed by atoms with Crippen molar-refractivity contribution < 1.29 is 4.79 Å². The van der Waals surface area contributed by atoms with Gasteiger partial charge in [0.15, 0.2) is 0 Å². The Morgan fingerprint density at radius 3 is 3.12 bits per heavy atom. The topological polar surface area (TPSA) is 70.2 Å². The molecule has 3 aliphatic rings. The fraction of sp³-hybridized carbons (Fsp3) is 0.450. The second-order valence-electron chi connectivity index (χ2n) is 7.53. The summed E-state index contributed by atoms with van der Waals surface area (Å²) in [5, 5.41) is 6.45. The Bertz CT molecular complexity index is 839. The molecule has 134 valence electrons. The van der Waals surface area contributed by atoms with Gasteiger partial charge in [0.25, 0.3) is 0 Å². The van der Waals surface area contributed by atoms with Crippen LogP contribution in [-0.4, -0.2) is 34.0 Å². The summed E-state index contributed by atoms with van der Waals surface area (Å²) in [5.41, 5.74) is 4.08. The first-order valence-electron chi connectivity index (χ1n) is 9.45. The molecule has 0 aromatic carbocycles. The molecular weight excluding hydrogens is 326 g/mol. The number of aromatic nitrogens is 2. The molecule has 6 heteroatoms. The van der Waals surface area contributed by atoms with Crippen LogP contribution >= 0.6 is 0 Å². The summed E-state index contributed by atoms with van der Waals surface area (Å²) in [6, 6.07) is 6.10. The highest BCUT2D eigenvalue weighted by Crippen LogP contribution is 2.56. The van der Waals surface area contributed by atoms with Gasteiger partial charge in [-0.05, 0) is 48.4 Å². The van der Waals surface area contributed by atoms with Crippen LogP contribution < -0.4 is 10.6 Å². The molecule has 0 radical (unpaired) electrons. The standard InChI is InChI=1S/C20H23N5O/c26-19(24-17-10-14-11-22-8-4-18(14)23-13-17)25-9-5-15-3-6-20(15,25)16-2-1-7-21-12-16/h1-2,7,10,12-13,15,22H,3-6,8-9,11H2,(H,24,26)/t15-,20-/m0/s1. The van der Waals surface area contributed by atoms with E-state index in [1.165, 1.54) is 12.0 Å². The monoisotopic (exact) mass is 349 g/mol. The van der Waals surface area contributed by atoms with Crippen LogP contribution in [0.2, 0.25) is 0 Å². The fourth-order valence-electron chi connectivity index (χ4n) is 4.89. The van der Waals surface area contributed by atoms with Crippen molar-refractivity contribution in [1.82, 2.24) is 20.2 Å². The number of carbonyl (C=O) groups is 1. The van der Waals surface area contributed by atoms with Crippen LogP contribution in [0.4, 0.5) is 10.5 Å². The number of fused-ring (bicyclic) bond motifs is 2. The molecule has 4 heterocycles. The van der Waals surface area contributed by atoms with Crippen LogP contribution in [0, 0.1) is 5.92 Å². The van der Waals surface area contributed by atoms with E-state index in [0.29, 0.717) is 5.92 Å². The minimum Gasteiger partial charge on any atom is -0.314 e. The van der Waals surface area contributed by atoms with Crippen LogP contribution in [-0.2, 0) is 18.5 Å². The summed E-state index contributed by atoms with van der Waals surface area (Å²) in [7, 11) is 0. The predicted molar refractivity (Wildman–Crippen MR) is 98.6 cm³/mol. The third kappa shape index (κ3) is 2.32. The molecule has 2 aromatic heterocycles. The van der Waals surface area contributed by atoms with Crippen molar-refractivity contribution >= 4 is 11.7 Å². The number of nitrogens with zero attached hydrogens (tertiary/aromatic N) is 3. The molecule has 1 saturated carbocycles. The molecule has 26 heavy (non-hydrogen) atoms. The number of likely N-dealkylation sites (tertiary alicyclic amines) is 1. The normalized spacial score (nSPS) is 26.6. The number of amides is 2. The molecule has 5 rings (SSSR count). The molecule has 0 spiro atoms. The third-order valence-electron chi connectivity index (χ3n) is 6.30. The van der Waals surface area contributed by atoms with E-state index in [4.69, 9.17) is 0 Å². The molecule has 1 aliphatic carbocycles. The van der Waals surface area contributed by atoms with Gasteiger partial charge in [0.05, 0.1) is 17.4 Å². The van der Waals surface area contributed by atoms with E-state index in [1.807, 2.05) is 17.2 Å². The number of anilines is 1. The van der Waals surface area contributed by atoms with Crippen LogP contribution in [0.5, 0.6) is 0 Å². The first-order chi connectivity index (χ1) is 12.8. The van der Waals surface area contributed by atoms with E-state index in [9.17, 15) is 4.79 Å². The van der Waals surface area contributed by atoms with Gasteiger partial charge >= 0.3 is 6.03 Å². The van der Waals surface area contributed by atoms with Crippen LogP contribution in [0.25, 0.3) is 0 Å². The quantitative estimate of drug-likeness (QED) is 0.874. The number of rotatable bonds is 2. The van der Waals surface area contributed by atoms with Gasteiger partial charge < -0.3 is 15.5 Å². The number of nitrogens with one attached hydrogen (secondary N) is 2. The number of hydrogen-bond acceptors (Lipinski definition) is 4. The van der Waals surface area contributed by atoms with E-state index in [1.54, 1.807) is 12.4 Å². The van der Waals surface area contributed by atoms with E-state index in [0.717, 1.165) is 55.8 Å². The Kier molecular flexibility index (Phi) is 3.67. The zero-order chi connectivity index (χ0) is 17.6. The molecule has 2 fully saturated rings. The Morgan fingerprint density at radius 1 is 1.35 bits per heavy atom. The van der Waals surface area contributed by atoms with Crippen LogP contribution in [0.1, 0.15) is 36.1 Å². The average molecular weight is 349 g/mol. The van der Waals surface area contributed by atoms with Gasteiger partial charge in [-0.3, -0.25) is 9.97 Å². The van der Waals surface area contributed by atoms with Crippen molar-refractivity contribution in [3.05, 3.63) is 53.6 Å². The molecule has 6 nitrogen and oxygen atoms in total. The summed E-state index contributed by atoms with van der Waals surface area (Å²) in [6.45, 7) is 2.58. The zero-order valence-electron chi connectivity index (χ0n) is 14.7. The largest absolute Gasteiger partial charge is 0.322 e. The molecule has 0 bridgehead atoms. The van der Waals surface area contributed by atoms with Gasteiger partial charge in [-0.1, -0.05) is 6.07 Å². The van der Waals surface area contributed by atoms with Crippen LogP contribution in [0.3, 0.4) is 0 Å². The van der Waals surface area contributed by atoms with Gasteiger partial charge in [-0.2, -0.15) is 0 Å². The Labute approximate surface area is 153 Å². The first kappa shape index (κ1) is 15.8. The van der Waals surface area contributed by atoms with Crippen LogP contribution in [0.15, 0.2) is 36.8 Å². The number of carbonyl (C=O) groups excluding carboxylic acids is 1. The molecular formula is C20H23N5O. The zero-order valence-corrected chi connectivity index (χ0v) is 14.7. The average Bonchev–Trinajstić information content (AvgIpc) is 2.93. The molecule has 2 atom stereocenters. The lowest BCUT2D eigenvalue weighted by atomic mass is 9.64. The maximum atomic E-state index is 13.1. The lowest BCUT2D eigenvalue weighted by molar-refractivity contribution is 0.0440. The van der Waals surface area contributed by atoms with Crippen molar-refractivity contribution in [1.29, 1.82) is 0 Å². The van der Waals surface area contributed by atoms with E-state index >= 15 is 0 Å². The Balaban J connectivity index is 1.40. The number of urea groups is 1. The number of pyridine rings is 2. The van der Waals surface area contributed by atoms with Crippen molar-refractivity contribution in [3.8, 4) is 0 Å². The second-order valence-corrected chi connectivity index (χ2v) is 7.53. The molecule has 1 saturated heterocycles. The van der Waals surface area contributed by atoms with Gasteiger partial charge in [-0.15, -0.1) is 0 Å². The fourth-order valence-corrected chi connectivity index (χ4v) is 4.89. The molecule has 2 aromatic rings. The highest BCUT2D eigenvalue weighted by molar-refractivity contribution is 5.90. The predicted octanol–water partition coefficient (Wildman–Crippen LogP) is 2.67. The second kappa shape index (κ2) is 6.06. The number of hydrogen-bond donors (Lipinski definition) is 2. The summed E-state index contributed by atoms with van der Waals surface area (Å²) >= 11 is 0. The Hall–Kier alpha value is -2.47. The highest BCUT2D eigenvalue weighted by Gasteiger charge is 2.57. The minimum absolute atomic E-state index is 0.0263. The van der Waals surface area contributed by atoms with Gasteiger partial charge in [0.1, 0.15) is 0 Å². The summed E-state index contributed by atoms with van der Waals surface area (Å²) in [4.78, 5) is 24.0. The van der Waals surface area contributed by atoms with E-state index in [2.05, 4.69) is 32.7 Å². The maximum Gasteiger partial charge on any atom is 0.322 e. The summed E-state index contributed by atoms with van der Waals surface area (Å²) < 4.78 is 0. The summed E-state index contributed by atoms with van der Waals surface area (Å²) in [6.07, 6.45) is 9.71. The van der Waals surface area contributed by atoms with E-state index < -0.39 is 0 Å². The lowest BCUT2D eigenvalue weighted by Gasteiger charge is -2.50. The van der Waals surface area contributed by atoms with Crippen molar-refractivity contribution in [2.45, 2.75) is 37.8 Å². The van der Waals surface area contributed by atoms with Gasteiger partial charge in [0.2, 0.25) is 0 Å². The molecule has 2 aliphatic heterocycles. The van der Waals surface area contributed by atoms with Crippen molar-refractivity contribution in [2.75, 3.05) is 18.4 Å². The maximum absolute atomic E-state index is 13.1. The molecule has 2 amide bonds. The third-order valence-corrected chi connectivity index (χ3v) is 6.30. The first-order valence-corrected chi connectivity index (χ1v) is 9.45. The lowest BCUT2D eigenvalue weighted by Crippen LogP contribution is -2.54. The Morgan fingerprint density at radius 2 is 2.31 bits per heavy atom. The molecule has 0 unspecified atom stereocenters. The highest BCUT2D eigenvalue weighted by atomic mass is 16.2. The smallest absolute Gasteiger partial charge is 0.314 e.